The van der Waals surface area contributed by atoms with Gasteiger partial charge in [0.25, 0.3) is 0 Å². The fourth-order valence-electron chi connectivity index (χ4n) is 1.76. The zero-order valence-corrected chi connectivity index (χ0v) is 11.4. The molecule has 1 amide bonds. The number of amides is 1. The molecule has 2 aromatic rings. The van der Waals surface area contributed by atoms with Gasteiger partial charge in [0.05, 0.1) is 5.56 Å². The number of esters is 1. The molecule has 0 aliphatic heterocycles. The van der Waals surface area contributed by atoms with E-state index < -0.39 is 12.1 Å². The van der Waals surface area contributed by atoms with Crippen LogP contribution in [0, 0.1) is 0 Å². The van der Waals surface area contributed by atoms with Crippen molar-refractivity contribution in [1.29, 1.82) is 0 Å². The van der Waals surface area contributed by atoms with Crippen LogP contribution in [0.1, 0.15) is 10.4 Å². The zero-order valence-electron chi connectivity index (χ0n) is 11.4. The SMILES string of the molecule is CN(C)C(=O)OC(=O)c1ccccc1-c1ccccc1. The van der Waals surface area contributed by atoms with Crippen molar-refractivity contribution in [3.8, 4) is 11.1 Å². The van der Waals surface area contributed by atoms with E-state index in [9.17, 15) is 9.59 Å². The van der Waals surface area contributed by atoms with E-state index in [1.54, 1.807) is 12.1 Å². The van der Waals surface area contributed by atoms with E-state index in [0.29, 0.717) is 5.56 Å². The number of hydrogen-bond donors (Lipinski definition) is 0. The minimum absolute atomic E-state index is 0.369. The molecule has 0 fully saturated rings. The first-order valence-electron chi connectivity index (χ1n) is 6.17. The molecule has 20 heavy (non-hydrogen) atoms. The Hall–Kier alpha value is -2.62. The van der Waals surface area contributed by atoms with Crippen LogP contribution in [-0.2, 0) is 4.74 Å². The van der Waals surface area contributed by atoms with E-state index >= 15 is 0 Å². The Bertz CT molecular complexity index is 621. The number of carbonyl (C=O) groups is 2. The van der Waals surface area contributed by atoms with Crippen LogP contribution in [0.3, 0.4) is 0 Å². The summed E-state index contributed by atoms with van der Waals surface area (Å²) in [7, 11) is 3.05. The number of benzene rings is 2. The van der Waals surface area contributed by atoms with Crippen LogP contribution < -0.4 is 0 Å². The summed E-state index contributed by atoms with van der Waals surface area (Å²) in [4.78, 5) is 24.8. The largest absolute Gasteiger partial charge is 0.417 e. The Balaban J connectivity index is 2.34. The second kappa shape index (κ2) is 6.02. The molecule has 102 valence electrons. The molecule has 0 aromatic heterocycles. The molecule has 0 atom stereocenters. The Kier molecular flexibility index (Phi) is 4.15. The predicted octanol–water partition coefficient (Wildman–Crippen LogP) is 3.19. The molecule has 0 N–H and O–H groups in total. The quantitative estimate of drug-likeness (QED) is 0.621. The number of nitrogens with zero attached hydrogens (tertiary/aromatic N) is 1. The maximum Gasteiger partial charge on any atom is 0.417 e. The monoisotopic (exact) mass is 269 g/mol. The van der Waals surface area contributed by atoms with Crippen molar-refractivity contribution in [2.45, 2.75) is 0 Å². The van der Waals surface area contributed by atoms with Crippen molar-refractivity contribution >= 4 is 12.1 Å². The third-order valence-electron chi connectivity index (χ3n) is 2.78. The fourth-order valence-corrected chi connectivity index (χ4v) is 1.76. The van der Waals surface area contributed by atoms with Crippen LogP contribution in [0.2, 0.25) is 0 Å². The molecule has 0 saturated heterocycles. The highest BCUT2D eigenvalue weighted by Gasteiger charge is 2.18. The van der Waals surface area contributed by atoms with Crippen molar-refractivity contribution < 1.29 is 14.3 Å². The van der Waals surface area contributed by atoms with Gasteiger partial charge in [0.15, 0.2) is 0 Å². The minimum Gasteiger partial charge on any atom is -0.372 e. The van der Waals surface area contributed by atoms with Gasteiger partial charge in [-0.05, 0) is 17.2 Å². The van der Waals surface area contributed by atoms with Crippen LogP contribution in [0.5, 0.6) is 0 Å². The first-order valence-corrected chi connectivity index (χ1v) is 6.17. The lowest BCUT2D eigenvalue weighted by Crippen LogP contribution is -2.25. The molecular weight excluding hydrogens is 254 g/mol. The molecule has 0 spiro atoms. The van der Waals surface area contributed by atoms with Crippen LogP contribution in [0.4, 0.5) is 4.79 Å². The van der Waals surface area contributed by atoms with E-state index in [4.69, 9.17) is 4.74 Å². The van der Waals surface area contributed by atoms with Gasteiger partial charge in [-0.2, -0.15) is 0 Å². The predicted molar refractivity (Wildman–Crippen MR) is 76.4 cm³/mol. The van der Waals surface area contributed by atoms with E-state index in [2.05, 4.69) is 0 Å². The lowest BCUT2D eigenvalue weighted by molar-refractivity contribution is 0.0574. The van der Waals surface area contributed by atoms with Gasteiger partial charge in [0.1, 0.15) is 0 Å². The van der Waals surface area contributed by atoms with Crippen molar-refractivity contribution in [1.82, 2.24) is 4.90 Å². The van der Waals surface area contributed by atoms with E-state index in [-0.39, 0.29) is 0 Å². The Morgan fingerprint density at radius 2 is 1.50 bits per heavy atom. The molecule has 0 radical (unpaired) electrons. The molecule has 0 heterocycles. The lowest BCUT2D eigenvalue weighted by atomic mass is 10.00. The smallest absolute Gasteiger partial charge is 0.372 e. The highest BCUT2D eigenvalue weighted by molar-refractivity contribution is 6.01. The number of ether oxygens (including phenoxy) is 1. The molecule has 2 aromatic carbocycles. The van der Waals surface area contributed by atoms with Gasteiger partial charge in [-0.15, -0.1) is 0 Å². The van der Waals surface area contributed by atoms with Gasteiger partial charge in [-0.3, -0.25) is 0 Å². The minimum atomic E-state index is -0.683. The fraction of sp³-hybridized carbons (Fsp3) is 0.125. The highest BCUT2D eigenvalue weighted by Crippen LogP contribution is 2.24. The summed E-state index contributed by atoms with van der Waals surface area (Å²) >= 11 is 0. The van der Waals surface area contributed by atoms with E-state index in [0.717, 1.165) is 11.1 Å². The summed E-state index contributed by atoms with van der Waals surface area (Å²) in [6.45, 7) is 0. The van der Waals surface area contributed by atoms with Crippen LogP contribution in [0.15, 0.2) is 54.6 Å². The summed E-state index contributed by atoms with van der Waals surface area (Å²) in [5.74, 6) is -0.650. The van der Waals surface area contributed by atoms with Crippen molar-refractivity contribution in [3.63, 3.8) is 0 Å². The van der Waals surface area contributed by atoms with Crippen LogP contribution in [0.25, 0.3) is 11.1 Å². The summed E-state index contributed by atoms with van der Waals surface area (Å²) in [6.07, 6.45) is -0.683. The van der Waals surface area contributed by atoms with Gasteiger partial charge in [-0.25, -0.2) is 9.59 Å². The van der Waals surface area contributed by atoms with E-state index in [1.807, 2.05) is 42.5 Å². The zero-order chi connectivity index (χ0) is 14.5. The first kappa shape index (κ1) is 13.8. The van der Waals surface area contributed by atoms with Gasteiger partial charge in [-0.1, -0.05) is 48.5 Å². The molecule has 2 rings (SSSR count). The molecule has 0 aliphatic carbocycles. The maximum atomic E-state index is 12.1. The summed E-state index contributed by atoms with van der Waals surface area (Å²) in [6, 6.07) is 16.5. The summed E-state index contributed by atoms with van der Waals surface area (Å²) in [5.41, 5.74) is 2.01. The average Bonchev–Trinajstić information content (AvgIpc) is 2.48. The normalized spacial score (nSPS) is 9.90. The van der Waals surface area contributed by atoms with Gasteiger partial charge >= 0.3 is 12.1 Å². The Morgan fingerprint density at radius 3 is 2.15 bits per heavy atom. The molecule has 0 bridgehead atoms. The topological polar surface area (TPSA) is 46.6 Å². The molecule has 0 saturated carbocycles. The third-order valence-corrected chi connectivity index (χ3v) is 2.78. The van der Waals surface area contributed by atoms with E-state index in [1.165, 1.54) is 19.0 Å². The standard InChI is InChI=1S/C16H15NO3/c1-17(2)16(19)20-15(18)14-11-7-6-10-13(14)12-8-4-3-5-9-12/h3-11H,1-2H3. The Labute approximate surface area is 117 Å². The highest BCUT2D eigenvalue weighted by atomic mass is 16.6. The molecule has 0 unspecified atom stereocenters. The van der Waals surface area contributed by atoms with Crippen LogP contribution in [-0.4, -0.2) is 31.1 Å². The molecule has 0 aliphatic rings. The number of carbonyl (C=O) groups excluding carboxylic acids is 2. The lowest BCUT2D eigenvalue weighted by Gasteiger charge is -2.11. The average molecular weight is 269 g/mol. The van der Waals surface area contributed by atoms with Crippen molar-refractivity contribution in [2.75, 3.05) is 14.1 Å². The number of rotatable bonds is 2. The second-order valence-electron chi connectivity index (χ2n) is 4.46. The number of hydrogen-bond acceptors (Lipinski definition) is 3. The first-order chi connectivity index (χ1) is 9.59. The summed E-state index contributed by atoms with van der Waals surface area (Å²) in [5, 5.41) is 0. The van der Waals surface area contributed by atoms with Gasteiger partial charge in [0.2, 0.25) is 0 Å². The van der Waals surface area contributed by atoms with Crippen LogP contribution >= 0.6 is 0 Å². The van der Waals surface area contributed by atoms with Crippen molar-refractivity contribution in [2.24, 2.45) is 0 Å². The second-order valence-corrected chi connectivity index (χ2v) is 4.46. The Morgan fingerprint density at radius 1 is 0.900 bits per heavy atom. The van der Waals surface area contributed by atoms with Gasteiger partial charge < -0.3 is 9.64 Å². The molecule has 4 nitrogen and oxygen atoms in total. The van der Waals surface area contributed by atoms with Crippen molar-refractivity contribution in [3.05, 3.63) is 60.2 Å². The molecular formula is C16H15NO3. The molecule has 4 heteroatoms. The third kappa shape index (κ3) is 3.03. The van der Waals surface area contributed by atoms with Gasteiger partial charge in [0, 0.05) is 14.1 Å². The summed E-state index contributed by atoms with van der Waals surface area (Å²) < 4.78 is 4.81. The maximum absolute atomic E-state index is 12.1.